The van der Waals surface area contributed by atoms with Crippen LogP contribution in [0.15, 0.2) is 71.0 Å². The van der Waals surface area contributed by atoms with Gasteiger partial charge >= 0.3 is 0 Å². The number of hydrogen-bond acceptors (Lipinski definition) is 5. The van der Waals surface area contributed by atoms with Gasteiger partial charge in [0.05, 0.1) is 10.6 Å². The molecular formula is C23H28ClN5OS. The van der Waals surface area contributed by atoms with Gasteiger partial charge in [-0.3, -0.25) is 4.79 Å². The van der Waals surface area contributed by atoms with Crippen LogP contribution in [0.4, 0.5) is 17.1 Å². The van der Waals surface area contributed by atoms with Crippen molar-refractivity contribution in [2.24, 2.45) is 10.7 Å². The molecule has 4 N–H and O–H groups in total. The number of halogens is 1. The molecule has 0 aliphatic heterocycles. The van der Waals surface area contributed by atoms with Crippen LogP contribution in [-0.2, 0) is 11.3 Å². The summed E-state index contributed by atoms with van der Waals surface area (Å²) in [4.78, 5) is 19.6. The van der Waals surface area contributed by atoms with Gasteiger partial charge in [0.25, 0.3) is 0 Å². The van der Waals surface area contributed by atoms with Crippen molar-refractivity contribution in [2.75, 3.05) is 30.9 Å². The average Bonchev–Trinajstić information content (AvgIpc) is 3.27. The quantitative estimate of drug-likeness (QED) is 0.253. The van der Waals surface area contributed by atoms with E-state index < -0.39 is 0 Å². The minimum atomic E-state index is -0.0119. The second-order valence-corrected chi connectivity index (χ2v) is 8.01. The SMILES string of the molecule is CN(C)c1ccc(NC(=O)CCNCc2cccc(N=C(N)c3cccs3)c2)cc1.Cl. The van der Waals surface area contributed by atoms with Crippen LogP contribution in [0.5, 0.6) is 0 Å². The van der Waals surface area contributed by atoms with Crippen molar-refractivity contribution >= 4 is 52.5 Å². The van der Waals surface area contributed by atoms with E-state index in [4.69, 9.17) is 5.73 Å². The number of nitrogens with zero attached hydrogens (tertiary/aromatic N) is 2. The van der Waals surface area contributed by atoms with E-state index in [1.54, 1.807) is 11.3 Å². The topological polar surface area (TPSA) is 82.8 Å². The molecule has 0 fully saturated rings. The first-order valence-electron chi connectivity index (χ1n) is 9.76. The number of nitrogens with two attached hydrogens (primary N) is 1. The third kappa shape index (κ3) is 7.71. The molecule has 1 heterocycles. The summed E-state index contributed by atoms with van der Waals surface area (Å²) >= 11 is 1.57. The lowest BCUT2D eigenvalue weighted by atomic mass is 10.2. The molecule has 0 bridgehead atoms. The Morgan fingerprint density at radius 1 is 1.10 bits per heavy atom. The Hall–Kier alpha value is -2.87. The molecule has 3 aromatic rings. The lowest BCUT2D eigenvalue weighted by Crippen LogP contribution is -2.21. The van der Waals surface area contributed by atoms with Crippen LogP contribution in [0, 0.1) is 0 Å². The Morgan fingerprint density at radius 3 is 2.55 bits per heavy atom. The van der Waals surface area contributed by atoms with Gasteiger partial charge in [-0.2, -0.15) is 0 Å². The lowest BCUT2D eigenvalue weighted by molar-refractivity contribution is -0.116. The fraction of sp³-hybridized carbons (Fsp3) is 0.217. The molecule has 0 saturated carbocycles. The Morgan fingerprint density at radius 2 is 1.87 bits per heavy atom. The summed E-state index contributed by atoms with van der Waals surface area (Å²) in [5, 5.41) is 8.21. The summed E-state index contributed by atoms with van der Waals surface area (Å²) in [7, 11) is 3.97. The highest BCUT2D eigenvalue weighted by molar-refractivity contribution is 7.12. The van der Waals surface area contributed by atoms with Gasteiger partial charge in [0, 0.05) is 45.0 Å². The van der Waals surface area contributed by atoms with E-state index in [1.807, 2.05) is 85.0 Å². The van der Waals surface area contributed by atoms with Crippen LogP contribution < -0.4 is 21.3 Å². The number of carbonyl (C=O) groups excluding carboxylic acids is 1. The molecule has 2 aromatic carbocycles. The maximum absolute atomic E-state index is 12.1. The molecule has 0 saturated heterocycles. The Labute approximate surface area is 193 Å². The van der Waals surface area contributed by atoms with E-state index in [1.165, 1.54) is 0 Å². The maximum Gasteiger partial charge on any atom is 0.225 e. The summed E-state index contributed by atoms with van der Waals surface area (Å²) in [6.07, 6.45) is 0.401. The third-order valence-electron chi connectivity index (χ3n) is 4.46. The standard InChI is InChI=1S/C23H27N5OS.ClH/c1-28(2)20-10-8-18(9-11-20)26-22(29)12-13-25-16-17-5-3-6-19(15-17)27-23(24)21-7-4-14-30-21;/h3-11,14-15,25H,12-13,16H2,1-2H3,(H2,24,27)(H,26,29);1H. The molecule has 3 rings (SSSR count). The van der Waals surface area contributed by atoms with E-state index in [-0.39, 0.29) is 18.3 Å². The molecule has 0 radical (unpaired) electrons. The number of anilines is 2. The van der Waals surface area contributed by atoms with Gasteiger partial charge in [0.15, 0.2) is 0 Å². The second kappa shape index (κ2) is 12.1. The van der Waals surface area contributed by atoms with Crippen LogP contribution in [0.25, 0.3) is 0 Å². The van der Waals surface area contributed by atoms with E-state index in [0.717, 1.165) is 27.5 Å². The van der Waals surface area contributed by atoms with E-state index >= 15 is 0 Å². The summed E-state index contributed by atoms with van der Waals surface area (Å²) in [6.45, 7) is 1.25. The molecule has 0 aliphatic rings. The summed E-state index contributed by atoms with van der Waals surface area (Å²) in [6, 6.07) is 19.6. The van der Waals surface area contributed by atoms with Crippen LogP contribution >= 0.6 is 23.7 Å². The molecule has 164 valence electrons. The number of nitrogens with one attached hydrogen (secondary N) is 2. The largest absolute Gasteiger partial charge is 0.383 e. The average molecular weight is 458 g/mol. The normalized spacial score (nSPS) is 11.0. The first-order valence-corrected chi connectivity index (χ1v) is 10.6. The molecule has 1 aromatic heterocycles. The number of carbonyl (C=O) groups is 1. The molecular weight excluding hydrogens is 430 g/mol. The van der Waals surface area contributed by atoms with E-state index in [9.17, 15) is 4.79 Å². The third-order valence-corrected chi connectivity index (χ3v) is 5.35. The number of hydrogen-bond donors (Lipinski definition) is 3. The van der Waals surface area contributed by atoms with Crippen molar-refractivity contribution in [3.8, 4) is 0 Å². The van der Waals surface area contributed by atoms with E-state index in [0.29, 0.717) is 25.3 Å². The molecule has 8 heteroatoms. The predicted molar refractivity (Wildman–Crippen MR) is 134 cm³/mol. The van der Waals surface area contributed by atoms with Gasteiger partial charge in [0.2, 0.25) is 5.91 Å². The number of thiophene rings is 1. The van der Waals surface area contributed by atoms with Gasteiger partial charge < -0.3 is 21.3 Å². The monoisotopic (exact) mass is 457 g/mol. The van der Waals surface area contributed by atoms with Crippen molar-refractivity contribution in [2.45, 2.75) is 13.0 Å². The Balaban J connectivity index is 0.00000341. The minimum Gasteiger partial charge on any atom is -0.383 e. The number of amidine groups is 1. The van der Waals surface area contributed by atoms with Crippen LogP contribution in [0.3, 0.4) is 0 Å². The fourth-order valence-electron chi connectivity index (χ4n) is 2.86. The minimum absolute atomic E-state index is 0. The summed E-state index contributed by atoms with van der Waals surface area (Å²) in [5.74, 6) is 0.507. The van der Waals surface area contributed by atoms with Crippen molar-refractivity contribution in [1.82, 2.24) is 5.32 Å². The fourth-order valence-corrected chi connectivity index (χ4v) is 3.48. The van der Waals surface area contributed by atoms with Crippen molar-refractivity contribution in [1.29, 1.82) is 0 Å². The maximum atomic E-state index is 12.1. The zero-order valence-electron chi connectivity index (χ0n) is 17.7. The highest BCUT2D eigenvalue weighted by atomic mass is 35.5. The molecule has 1 amide bonds. The molecule has 0 unspecified atom stereocenters. The number of rotatable bonds is 9. The highest BCUT2D eigenvalue weighted by Gasteiger charge is 2.04. The Kier molecular flexibility index (Phi) is 9.52. The van der Waals surface area contributed by atoms with Gasteiger partial charge in [0.1, 0.15) is 5.84 Å². The highest BCUT2D eigenvalue weighted by Crippen LogP contribution is 2.17. The summed E-state index contributed by atoms with van der Waals surface area (Å²) < 4.78 is 0. The predicted octanol–water partition coefficient (Wildman–Crippen LogP) is 4.39. The van der Waals surface area contributed by atoms with Gasteiger partial charge in [-0.1, -0.05) is 18.2 Å². The van der Waals surface area contributed by atoms with Gasteiger partial charge in [-0.25, -0.2) is 4.99 Å². The first kappa shape index (κ1) is 24.4. The van der Waals surface area contributed by atoms with Crippen LogP contribution in [0.1, 0.15) is 16.9 Å². The van der Waals surface area contributed by atoms with Crippen molar-refractivity contribution in [3.63, 3.8) is 0 Å². The lowest BCUT2D eigenvalue weighted by Gasteiger charge is -2.13. The molecule has 6 nitrogen and oxygen atoms in total. The molecule has 31 heavy (non-hydrogen) atoms. The second-order valence-electron chi connectivity index (χ2n) is 7.06. The van der Waals surface area contributed by atoms with Crippen molar-refractivity contribution in [3.05, 3.63) is 76.5 Å². The molecule has 0 aliphatic carbocycles. The van der Waals surface area contributed by atoms with Crippen LogP contribution in [0.2, 0.25) is 0 Å². The van der Waals surface area contributed by atoms with Gasteiger partial charge in [-0.15, -0.1) is 23.7 Å². The molecule has 0 spiro atoms. The van der Waals surface area contributed by atoms with Gasteiger partial charge in [-0.05, 0) is 53.4 Å². The van der Waals surface area contributed by atoms with Crippen molar-refractivity contribution < 1.29 is 4.79 Å². The number of amides is 1. The molecule has 0 atom stereocenters. The first-order chi connectivity index (χ1) is 14.5. The van der Waals surface area contributed by atoms with E-state index in [2.05, 4.69) is 15.6 Å². The zero-order chi connectivity index (χ0) is 21.3. The Bertz CT molecular complexity index is 987. The van der Waals surface area contributed by atoms with Crippen LogP contribution in [-0.4, -0.2) is 32.4 Å². The smallest absolute Gasteiger partial charge is 0.225 e. The number of aliphatic imine (C=N–C) groups is 1. The zero-order valence-corrected chi connectivity index (χ0v) is 19.3. The summed E-state index contributed by atoms with van der Waals surface area (Å²) in [5.41, 5.74) is 9.87. The number of benzene rings is 2.